The monoisotopic (exact) mass is 469 g/mol. The van der Waals surface area contributed by atoms with Gasteiger partial charge in [0.05, 0.1) is 24.2 Å². The van der Waals surface area contributed by atoms with Crippen LogP contribution in [-0.2, 0) is 11.4 Å². The van der Waals surface area contributed by atoms with Crippen molar-refractivity contribution in [2.45, 2.75) is 32.6 Å². The number of hydrogen-bond donors (Lipinski definition) is 4. The number of primary amides is 1. The van der Waals surface area contributed by atoms with Crippen LogP contribution in [0.15, 0.2) is 36.8 Å². The molecule has 2 heterocycles. The first kappa shape index (κ1) is 22.9. The van der Waals surface area contributed by atoms with E-state index in [-0.39, 0.29) is 5.56 Å². The summed E-state index contributed by atoms with van der Waals surface area (Å²) in [6, 6.07) is 5.35. The normalized spacial score (nSPS) is 14.7. The van der Waals surface area contributed by atoms with Gasteiger partial charge in [0.25, 0.3) is 5.91 Å². The van der Waals surface area contributed by atoms with E-state index in [1.807, 2.05) is 6.92 Å². The summed E-state index contributed by atoms with van der Waals surface area (Å²) in [5.41, 5.74) is 7.53. The smallest absolute Gasteiger partial charge is 0.254 e. The Morgan fingerprint density at radius 1 is 1.33 bits per heavy atom. The van der Waals surface area contributed by atoms with Gasteiger partial charge < -0.3 is 20.3 Å². The van der Waals surface area contributed by atoms with Crippen molar-refractivity contribution in [3.8, 4) is 17.0 Å². The van der Waals surface area contributed by atoms with Crippen molar-refractivity contribution in [3.05, 3.63) is 42.4 Å². The summed E-state index contributed by atoms with van der Waals surface area (Å²) in [5.74, 6) is 1.65. The van der Waals surface area contributed by atoms with E-state index >= 15 is 0 Å². The Morgan fingerprint density at radius 2 is 2.15 bits per heavy atom. The second kappa shape index (κ2) is 10.5. The Bertz CT molecular complexity index is 1090. The highest BCUT2D eigenvalue weighted by Crippen LogP contribution is 2.35. The third-order valence-corrected chi connectivity index (χ3v) is 6.49. The Morgan fingerprint density at radius 3 is 2.85 bits per heavy atom. The Balaban J connectivity index is 1.65. The summed E-state index contributed by atoms with van der Waals surface area (Å²) in [6.45, 7) is 2.42. The summed E-state index contributed by atoms with van der Waals surface area (Å²) in [6.07, 6.45) is 9.33. The maximum absolute atomic E-state index is 12.3. The summed E-state index contributed by atoms with van der Waals surface area (Å²) < 4.78 is 21.3. The number of amides is 1. The summed E-state index contributed by atoms with van der Waals surface area (Å²) in [5, 5.41) is 10.1. The van der Waals surface area contributed by atoms with Gasteiger partial charge in [-0.25, -0.2) is 9.71 Å². The van der Waals surface area contributed by atoms with Gasteiger partial charge in [-0.3, -0.25) is 14.9 Å². The van der Waals surface area contributed by atoms with Crippen LogP contribution in [0.5, 0.6) is 5.75 Å². The van der Waals surface area contributed by atoms with E-state index in [0.717, 1.165) is 12.8 Å². The van der Waals surface area contributed by atoms with Crippen LogP contribution in [-0.4, -0.2) is 43.0 Å². The minimum Gasteiger partial charge on any atom is -0.593 e. The van der Waals surface area contributed by atoms with Crippen LogP contribution in [0.1, 0.15) is 43.0 Å². The predicted octanol–water partition coefficient (Wildman–Crippen LogP) is 3.37. The first-order valence-electron chi connectivity index (χ1n) is 10.9. The molecule has 10 nitrogen and oxygen atoms in total. The molecule has 0 bridgehead atoms. The van der Waals surface area contributed by atoms with Gasteiger partial charge in [0.1, 0.15) is 40.1 Å². The van der Waals surface area contributed by atoms with E-state index in [9.17, 15) is 9.35 Å². The highest BCUT2D eigenvalue weighted by Gasteiger charge is 2.23. The van der Waals surface area contributed by atoms with Gasteiger partial charge in [0, 0.05) is 18.0 Å². The topological polar surface area (TPSA) is 154 Å². The van der Waals surface area contributed by atoms with Gasteiger partial charge in [-0.05, 0) is 37.8 Å². The van der Waals surface area contributed by atoms with Crippen molar-refractivity contribution < 1.29 is 14.1 Å². The van der Waals surface area contributed by atoms with Crippen molar-refractivity contribution in [2.75, 3.05) is 22.4 Å². The Hall–Kier alpha value is -3.31. The predicted molar refractivity (Wildman–Crippen MR) is 128 cm³/mol. The standard InChI is InChI=1S/C22H27N7O3S/c1-2-33(31)29-16-8-7-15(11-17(16)32-13-14-5-3-4-6-14)20-19(21(23)30)22(28-27-20)26-18-12-24-9-10-25-18/h7-12,14,29H,2-6,13H2,1H3,(H2,23,30)(H2,25,26,27,28). The lowest BCUT2D eigenvalue weighted by Gasteiger charge is -2.17. The minimum absolute atomic E-state index is 0.195. The molecule has 11 heteroatoms. The average molecular weight is 470 g/mol. The van der Waals surface area contributed by atoms with Gasteiger partial charge in [0.2, 0.25) is 0 Å². The van der Waals surface area contributed by atoms with Gasteiger partial charge in [-0.15, -0.1) is 0 Å². The fourth-order valence-electron chi connectivity index (χ4n) is 3.83. The quantitative estimate of drug-likeness (QED) is 0.330. The molecule has 2 aromatic heterocycles. The molecule has 1 aromatic carbocycles. The number of hydrogen-bond acceptors (Lipinski definition) is 8. The van der Waals surface area contributed by atoms with Crippen LogP contribution in [0, 0.1) is 5.92 Å². The molecule has 0 saturated heterocycles. The van der Waals surface area contributed by atoms with Crippen molar-refractivity contribution in [1.29, 1.82) is 0 Å². The Labute approximate surface area is 195 Å². The molecule has 4 rings (SSSR count). The number of benzene rings is 1. The molecule has 0 aliphatic heterocycles. The van der Waals surface area contributed by atoms with Crippen molar-refractivity contribution in [1.82, 2.24) is 20.2 Å². The number of nitrogens with one attached hydrogen (secondary N) is 3. The van der Waals surface area contributed by atoms with Gasteiger partial charge in [0.15, 0.2) is 0 Å². The fourth-order valence-corrected chi connectivity index (χ4v) is 4.38. The molecule has 1 fully saturated rings. The van der Waals surface area contributed by atoms with E-state index in [0.29, 0.717) is 52.6 Å². The first-order valence-corrected chi connectivity index (χ1v) is 12.2. The molecular weight excluding hydrogens is 442 g/mol. The number of aromatic amines is 1. The van der Waals surface area contributed by atoms with Crippen LogP contribution < -0.4 is 20.5 Å². The zero-order valence-corrected chi connectivity index (χ0v) is 19.2. The molecule has 1 aliphatic carbocycles. The van der Waals surface area contributed by atoms with Crippen LogP contribution in [0.2, 0.25) is 0 Å². The molecule has 33 heavy (non-hydrogen) atoms. The lowest BCUT2D eigenvalue weighted by Crippen LogP contribution is -2.16. The first-order chi connectivity index (χ1) is 16.0. The van der Waals surface area contributed by atoms with Crippen LogP contribution >= 0.6 is 0 Å². The molecule has 3 aromatic rings. The third-order valence-electron chi connectivity index (χ3n) is 5.52. The number of rotatable bonds is 10. The molecule has 1 aliphatic rings. The highest BCUT2D eigenvalue weighted by molar-refractivity contribution is 7.92. The van der Waals surface area contributed by atoms with Gasteiger partial charge in [-0.2, -0.15) is 5.10 Å². The number of nitrogens with zero attached hydrogens (tertiary/aromatic N) is 3. The minimum atomic E-state index is -1.22. The summed E-state index contributed by atoms with van der Waals surface area (Å²) >= 11 is -1.22. The SMILES string of the molecule is CC[S+]([O-])Nc1ccc(-c2n[nH]c(Nc3cnccn3)c2C(N)=O)cc1OCC1CCCC1. The number of nitrogens with two attached hydrogens (primary N) is 1. The average Bonchev–Trinajstić information content (AvgIpc) is 3.49. The molecule has 1 atom stereocenters. The Kier molecular flexibility index (Phi) is 7.30. The molecule has 5 N–H and O–H groups in total. The zero-order valence-electron chi connectivity index (χ0n) is 18.3. The van der Waals surface area contributed by atoms with Gasteiger partial charge in [-0.1, -0.05) is 18.9 Å². The molecule has 1 saturated carbocycles. The number of H-pyrrole nitrogens is 1. The van der Waals surface area contributed by atoms with E-state index in [2.05, 4.69) is 30.2 Å². The number of aromatic nitrogens is 4. The maximum atomic E-state index is 12.3. The van der Waals surface area contributed by atoms with Crippen molar-refractivity contribution in [3.63, 3.8) is 0 Å². The van der Waals surface area contributed by atoms with Crippen LogP contribution in [0.4, 0.5) is 17.3 Å². The molecule has 1 unspecified atom stereocenters. The number of ether oxygens (including phenoxy) is 1. The zero-order chi connectivity index (χ0) is 23.2. The van der Waals surface area contributed by atoms with E-state index in [1.54, 1.807) is 24.4 Å². The van der Waals surface area contributed by atoms with E-state index in [1.165, 1.54) is 25.2 Å². The second-order valence-electron chi connectivity index (χ2n) is 7.81. The molecular formula is C22H27N7O3S. The fraction of sp³-hybridized carbons (Fsp3) is 0.364. The molecule has 0 radical (unpaired) electrons. The lowest BCUT2D eigenvalue weighted by molar-refractivity contribution is 0.100. The molecule has 174 valence electrons. The number of carbonyl (C=O) groups is 1. The number of carbonyl (C=O) groups excluding carboxylic acids is 1. The molecule has 0 spiro atoms. The van der Waals surface area contributed by atoms with Crippen molar-refractivity contribution >= 4 is 34.6 Å². The maximum Gasteiger partial charge on any atom is 0.254 e. The summed E-state index contributed by atoms with van der Waals surface area (Å²) in [4.78, 5) is 20.5. The van der Waals surface area contributed by atoms with Gasteiger partial charge >= 0.3 is 0 Å². The largest absolute Gasteiger partial charge is 0.593 e. The van der Waals surface area contributed by atoms with Crippen molar-refractivity contribution in [2.24, 2.45) is 11.7 Å². The highest BCUT2D eigenvalue weighted by atomic mass is 32.2. The lowest BCUT2D eigenvalue weighted by atomic mass is 10.1. The van der Waals surface area contributed by atoms with E-state index < -0.39 is 17.3 Å². The second-order valence-corrected chi connectivity index (χ2v) is 9.28. The molecule has 1 amide bonds. The van der Waals surface area contributed by atoms with E-state index in [4.69, 9.17) is 10.5 Å². The number of anilines is 3. The third kappa shape index (κ3) is 5.55. The van der Waals surface area contributed by atoms with Crippen LogP contribution in [0.3, 0.4) is 0 Å². The summed E-state index contributed by atoms with van der Waals surface area (Å²) in [7, 11) is 0. The van der Waals surface area contributed by atoms with Crippen LogP contribution in [0.25, 0.3) is 11.3 Å².